The molecule has 0 heterocycles. The fraction of sp³-hybridized carbons (Fsp3) is 0.300. The van der Waals surface area contributed by atoms with Crippen LogP contribution in [0.1, 0.15) is 17.2 Å². The number of carbonyl (C=O) groups is 1. The molecular formula is C10H14N2O4S. The predicted molar refractivity (Wildman–Crippen MR) is 62.7 cm³/mol. The number of rotatable bonds is 5. The fourth-order valence-electron chi connectivity index (χ4n) is 1.32. The number of hydrogen-bond donors (Lipinski definition) is 3. The Balaban J connectivity index is 3.07. The first-order valence-corrected chi connectivity index (χ1v) is 6.34. The molecule has 0 radical (unpaired) electrons. The minimum absolute atomic E-state index is 0.385. The van der Waals surface area contributed by atoms with E-state index in [1.165, 1.54) is 7.05 Å². The molecule has 1 aromatic rings. The Hall–Kier alpha value is -1.44. The molecule has 17 heavy (non-hydrogen) atoms. The summed E-state index contributed by atoms with van der Waals surface area (Å²) in [7, 11) is -2.60. The van der Waals surface area contributed by atoms with Gasteiger partial charge in [0, 0.05) is 7.05 Å². The molecule has 1 rings (SSSR count). The first-order chi connectivity index (χ1) is 7.85. The van der Waals surface area contributed by atoms with Crippen LogP contribution in [0, 0.1) is 6.92 Å². The van der Waals surface area contributed by atoms with Gasteiger partial charge in [-0.25, -0.2) is 4.72 Å². The molecule has 0 saturated carbocycles. The largest absolute Gasteiger partial charge is 0.480 e. The van der Waals surface area contributed by atoms with E-state index in [4.69, 9.17) is 5.11 Å². The molecule has 0 aliphatic rings. The molecule has 0 aliphatic heterocycles. The fourth-order valence-corrected chi connectivity index (χ4v) is 1.99. The summed E-state index contributed by atoms with van der Waals surface area (Å²) in [6.45, 7) is 1.80. The van der Waals surface area contributed by atoms with Gasteiger partial charge >= 0.3 is 5.97 Å². The third-order valence-electron chi connectivity index (χ3n) is 2.16. The molecule has 0 bridgehead atoms. The van der Waals surface area contributed by atoms with E-state index >= 15 is 0 Å². The molecule has 1 unspecified atom stereocenters. The Morgan fingerprint density at radius 3 is 2.53 bits per heavy atom. The van der Waals surface area contributed by atoms with Gasteiger partial charge in [-0.1, -0.05) is 29.8 Å². The zero-order valence-electron chi connectivity index (χ0n) is 9.47. The monoisotopic (exact) mass is 258 g/mol. The molecule has 0 aromatic heterocycles. The van der Waals surface area contributed by atoms with E-state index in [1.807, 2.05) is 9.44 Å². The van der Waals surface area contributed by atoms with Crippen molar-refractivity contribution >= 4 is 16.2 Å². The highest BCUT2D eigenvalue weighted by Gasteiger charge is 2.24. The molecule has 0 amide bonds. The van der Waals surface area contributed by atoms with Crippen molar-refractivity contribution < 1.29 is 18.3 Å². The van der Waals surface area contributed by atoms with Crippen LogP contribution in [-0.4, -0.2) is 26.5 Å². The molecule has 1 atom stereocenters. The lowest BCUT2D eigenvalue weighted by Crippen LogP contribution is -2.39. The highest BCUT2D eigenvalue weighted by atomic mass is 32.2. The van der Waals surface area contributed by atoms with E-state index < -0.39 is 22.2 Å². The van der Waals surface area contributed by atoms with Crippen molar-refractivity contribution in [1.82, 2.24) is 9.44 Å². The van der Waals surface area contributed by atoms with Gasteiger partial charge in [-0.3, -0.25) is 4.79 Å². The van der Waals surface area contributed by atoms with Crippen molar-refractivity contribution in [2.75, 3.05) is 7.05 Å². The number of nitrogens with one attached hydrogen (secondary N) is 2. The normalized spacial score (nSPS) is 13.3. The Morgan fingerprint density at radius 2 is 2.06 bits per heavy atom. The van der Waals surface area contributed by atoms with Gasteiger partial charge in [-0.2, -0.15) is 13.1 Å². The van der Waals surface area contributed by atoms with Gasteiger partial charge in [0.15, 0.2) is 0 Å². The van der Waals surface area contributed by atoms with Crippen LogP contribution in [0.3, 0.4) is 0 Å². The second kappa shape index (κ2) is 5.26. The second-order valence-corrected chi connectivity index (χ2v) is 5.16. The first kappa shape index (κ1) is 13.6. The minimum Gasteiger partial charge on any atom is -0.480 e. The van der Waals surface area contributed by atoms with Crippen LogP contribution in [0.4, 0.5) is 0 Å². The van der Waals surface area contributed by atoms with E-state index in [0.717, 1.165) is 5.56 Å². The molecular weight excluding hydrogens is 244 g/mol. The Morgan fingerprint density at radius 1 is 1.41 bits per heavy atom. The Bertz CT molecular complexity index is 513. The molecule has 1 aromatic carbocycles. The summed E-state index contributed by atoms with van der Waals surface area (Å²) in [4.78, 5) is 11.1. The van der Waals surface area contributed by atoms with Gasteiger partial charge in [0.05, 0.1) is 0 Å². The maximum absolute atomic E-state index is 11.3. The van der Waals surface area contributed by atoms with Gasteiger partial charge in [0.1, 0.15) is 6.04 Å². The molecule has 0 aliphatic carbocycles. The number of benzene rings is 1. The van der Waals surface area contributed by atoms with Crippen molar-refractivity contribution in [3.05, 3.63) is 35.4 Å². The smallest absolute Gasteiger partial charge is 0.326 e. The maximum atomic E-state index is 11.3. The number of carboxylic acids is 1. The summed E-state index contributed by atoms with van der Waals surface area (Å²) in [6, 6.07) is 5.36. The topological polar surface area (TPSA) is 95.5 Å². The van der Waals surface area contributed by atoms with Crippen LogP contribution in [0.25, 0.3) is 0 Å². The zero-order chi connectivity index (χ0) is 13.1. The summed E-state index contributed by atoms with van der Waals surface area (Å²) in [5, 5.41) is 9.02. The number of carboxylic acid groups (broad SMARTS) is 1. The number of aliphatic carboxylic acids is 1. The van der Waals surface area contributed by atoms with Crippen molar-refractivity contribution in [3.63, 3.8) is 0 Å². The van der Waals surface area contributed by atoms with Gasteiger partial charge in [0.25, 0.3) is 10.2 Å². The molecule has 3 N–H and O–H groups in total. The van der Waals surface area contributed by atoms with E-state index in [-0.39, 0.29) is 0 Å². The third-order valence-corrected chi connectivity index (χ3v) is 3.25. The lowest BCUT2D eigenvalue weighted by atomic mass is 10.1. The average Bonchev–Trinajstić information content (AvgIpc) is 2.25. The molecule has 0 spiro atoms. The molecule has 7 heteroatoms. The van der Waals surface area contributed by atoms with Crippen LogP contribution in [0.2, 0.25) is 0 Å². The van der Waals surface area contributed by atoms with Crippen molar-refractivity contribution in [3.8, 4) is 0 Å². The number of hydrogen-bond acceptors (Lipinski definition) is 3. The van der Waals surface area contributed by atoms with E-state index in [9.17, 15) is 13.2 Å². The summed E-state index contributed by atoms with van der Waals surface area (Å²) in [5.74, 6) is -1.26. The molecule has 94 valence electrons. The summed E-state index contributed by atoms with van der Waals surface area (Å²) in [5.41, 5.74) is 1.24. The Kier molecular flexibility index (Phi) is 4.22. The van der Waals surface area contributed by atoms with Crippen LogP contribution >= 0.6 is 0 Å². The van der Waals surface area contributed by atoms with Crippen LogP contribution < -0.4 is 9.44 Å². The highest BCUT2D eigenvalue weighted by Crippen LogP contribution is 2.15. The van der Waals surface area contributed by atoms with E-state index in [1.54, 1.807) is 31.2 Å². The van der Waals surface area contributed by atoms with Gasteiger partial charge in [-0.15, -0.1) is 0 Å². The van der Waals surface area contributed by atoms with Crippen LogP contribution in [-0.2, 0) is 15.0 Å². The predicted octanol–water partition coefficient (Wildman–Crippen LogP) is 0.175. The Labute approximate surface area is 99.8 Å². The minimum atomic E-state index is -3.81. The summed E-state index contributed by atoms with van der Waals surface area (Å²) in [6.07, 6.45) is 0. The lowest BCUT2D eigenvalue weighted by molar-refractivity contribution is -0.139. The van der Waals surface area contributed by atoms with Crippen molar-refractivity contribution in [1.29, 1.82) is 0 Å². The molecule has 0 saturated heterocycles. The van der Waals surface area contributed by atoms with Gasteiger partial charge in [0.2, 0.25) is 0 Å². The summed E-state index contributed by atoms with van der Waals surface area (Å²) >= 11 is 0. The first-order valence-electron chi connectivity index (χ1n) is 4.86. The van der Waals surface area contributed by atoms with E-state index in [2.05, 4.69) is 0 Å². The maximum Gasteiger partial charge on any atom is 0.326 e. The van der Waals surface area contributed by atoms with Crippen LogP contribution in [0.15, 0.2) is 24.3 Å². The molecule has 0 fully saturated rings. The average molecular weight is 258 g/mol. The summed E-state index contributed by atoms with van der Waals surface area (Å²) < 4.78 is 26.6. The standard InChI is InChI=1S/C10H14N2O4S/c1-7-4-3-5-8(6-7)9(10(13)14)12-17(15,16)11-2/h3-6,9,11-12H,1-2H3,(H,13,14). The van der Waals surface area contributed by atoms with Crippen molar-refractivity contribution in [2.45, 2.75) is 13.0 Å². The highest BCUT2D eigenvalue weighted by molar-refractivity contribution is 7.87. The van der Waals surface area contributed by atoms with Crippen LogP contribution in [0.5, 0.6) is 0 Å². The SMILES string of the molecule is CNS(=O)(=O)NC(C(=O)O)c1cccc(C)c1. The van der Waals surface area contributed by atoms with Gasteiger partial charge < -0.3 is 5.11 Å². The number of aryl methyl sites for hydroxylation is 1. The second-order valence-electron chi connectivity index (χ2n) is 3.51. The lowest BCUT2D eigenvalue weighted by Gasteiger charge is -2.14. The van der Waals surface area contributed by atoms with E-state index in [0.29, 0.717) is 5.56 Å². The molecule has 6 nitrogen and oxygen atoms in total. The zero-order valence-corrected chi connectivity index (χ0v) is 10.3. The third kappa shape index (κ3) is 3.81. The quantitative estimate of drug-likeness (QED) is 0.701. The van der Waals surface area contributed by atoms with Crippen molar-refractivity contribution in [2.24, 2.45) is 0 Å². The van der Waals surface area contributed by atoms with Gasteiger partial charge in [-0.05, 0) is 12.5 Å².